The fourth-order valence-electron chi connectivity index (χ4n) is 3.96. The van der Waals surface area contributed by atoms with Gasteiger partial charge < -0.3 is 20.1 Å². The van der Waals surface area contributed by atoms with E-state index < -0.39 is 5.92 Å². The van der Waals surface area contributed by atoms with Crippen LogP contribution in [0.1, 0.15) is 24.1 Å². The van der Waals surface area contributed by atoms with E-state index in [1.54, 1.807) is 18.9 Å². The highest BCUT2D eigenvalue weighted by Crippen LogP contribution is 2.39. The molecule has 1 aliphatic heterocycles. The highest BCUT2D eigenvalue weighted by atomic mass is 16.5. The number of carbonyl (C=O) groups excluding carboxylic acids is 1. The highest BCUT2D eigenvalue weighted by Gasteiger charge is 2.41. The number of hydrogen-bond acceptors (Lipinski definition) is 6. The van der Waals surface area contributed by atoms with E-state index in [2.05, 4.69) is 20.7 Å². The predicted octanol–water partition coefficient (Wildman–Crippen LogP) is 3.26. The van der Waals surface area contributed by atoms with Crippen molar-refractivity contribution in [1.29, 1.82) is 0 Å². The lowest BCUT2D eigenvalue weighted by Gasteiger charge is -2.37. The van der Waals surface area contributed by atoms with Gasteiger partial charge in [-0.3, -0.25) is 4.79 Å². The van der Waals surface area contributed by atoms with Gasteiger partial charge in [-0.25, -0.2) is 4.68 Å². The summed E-state index contributed by atoms with van der Waals surface area (Å²) in [6.45, 7) is 3.95. The maximum Gasteiger partial charge on any atom is 0.232 e. The van der Waals surface area contributed by atoms with Crippen LogP contribution in [0.25, 0.3) is 0 Å². The molecule has 0 radical (unpaired) electrons. The highest BCUT2D eigenvalue weighted by molar-refractivity contribution is 5.94. The minimum atomic E-state index is -0.433. The number of ether oxygens (including phenoxy) is 2. The second kappa shape index (κ2) is 8.06. The molecule has 2 heterocycles. The largest absolute Gasteiger partial charge is 0.493 e. The third kappa shape index (κ3) is 3.45. The van der Waals surface area contributed by atoms with Crippen LogP contribution < -0.4 is 20.1 Å². The van der Waals surface area contributed by atoms with Crippen molar-refractivity contribution < 1.29 is 14.3 Å². The first kappa shape index (κ1) is 19.8. The summed E-state index contributed by atoms with van der Waals surface area (Å²) < 4.78 is 12.6. The third-order valence-corrected chi connectivity index (χ3v) is 5.53. The van der Waals surface area contributed by atoms with Crippen molar-refractivity contribution in [2.75, 3.05) is 24.9 Å². The lowest BCUT2D eigenvalue weighted by atomic mass is 9.85. The number of fused-ring (bicyclic) bond motifs is 1. The SMILES string of the molecule is COc1ccc([C@@H]2[C@@H](C(=O)Nc3ccccc3C)[C@H](C)Nc3ncnn32)cc1OC. The number of methoxy groups -OCH3 is 2. The minimum Gasteiger partial charge on any atom is -0.493 e. The summed E-state index contributed by atoms with van der Waals surface area (Å²) in [6.07, 6.45) is 1.49. The molecule has 3 aromatic rings. The van der Waals surface area contributed by atoms with E-state index in [4.69, 9.17) is 9.47 Å². The average Bonchev–Trinajstić information content (AvgIpc) is 3.21. The van der Waals surface area contributed by atoms with E-state index >= 15 is 0 Å². The van der Waals surface area contributed by atoms with E-state index in [0.29, 0.717) is 17.4 Å². The van der Waals surface area contributed by atoms with Gasteiger partial charge in [0.25, 0.3) is 0 Å². The zero-order valence-corrected chi connectivity index (χ0v) is 17.4. The Morgan fingerprint density at radius 1 is 1.13 bits per heavy atom. The Labute approximate surface area is 175 Å². The predicted molar refractivity (Wildman–Crippen MR) is 114 cm³/mol. The number of amides is 1. The first-order valence-electron chi connectivity index (χ1n) is 9.78. The summed E-state index contributed by atoms with van der Waals surface area (Å²) in [6, 6.07) is 12.9. The topological polar surface area (TPSA) is 90.3 Å². The second-order valence-electron chi connectivity index (χ2n) is 7.35. The fourth-order valence-corrected chi connectivity index (χ4v) is 3.96. The summed E-state index contributed by atoms with van der Waals surface area (Å²) >= 11 is 0. The molecule has 0 fully saturated rings. The van der Waals surface area contributed by atoms with Crippen LogP contribution in [0.5, 0.6) is 11.5 Å². The molecule has 4 rings (SSSR count). The Kier molecular flexibility index (Phi) is 5.31. The quantitative estimate of drug-likeness (QED) is 0.675. The smallest absolute Gasteiger partial charge is 0.232 e. The maximum absolute atomic E-state index is 13.5. The van der Waals surface area contributed by atoms with Crippen molar-refractivity contribution in [2.24, 2.45) is 5.92 Å². The second-order valence-corrected chi connectivity index (χ2v) is 7.35. The molecule has 3 atom stereocenters. The molecule has 1 amide bonds. The summed E-state index contributed by atoms with van der Waals surface area (Å²) in [4.78, 5) is 17.8. The number of nitrogens with one attached hydrogen (secondary N) is 2. The van der Waals surface area contributed by atoms with Gasteiger partial charge in [-0.05, 0) is 43.2 Å². The van der Waals surface area contributed by atoms with Crippen molar-refractivity contribution in [3.8, 4) is 11.5 Å². The van der Waals surface area contributed by atoms with Gasteiger partial charge in [-0.1, -0.05) is 24.3 Å². The number of aromatic nitrogens is 3. The first-order chi connectivity index (χ1) is 14.5. The lowest BCUT2D eigenvalue weighted by molar-refractivity contribution is -0.121. The standard InChI is InChI=1S/C22H25N5O3/c1-13-7-5-6-8-16(13)26-21(28)19-14(2)25-22-23-12-24-27(22)20(19)15-9-10-17(29-3)18(11-15)30-4/h5-12,14,19-20H,1-4H3,(H,26,28)(H,23,24,25)/t14-,19-,20+/m0/s1. The van der Waals surface area contributed by atoms with Gasteiger partial charge >= 0.3 is 0 Å². The number of aryl methyl sites for hydroxylation is 1. The molecule has 0 bridgehead atoms. The van der Waals surface area contributed by atoms with Crippen LogP contribution in [0.3, 0.4) is 0 Å². The van der Waals surface area contributed by atoms with Crippen LogP contribution in [-0.4, -0.2) is 40.9 Å². The number of para-hydroxylation sites is 1. The summed E-state index contributed by atoms with van der Waals surface area (Å²) in [5, 5.41) is 10.8. The molecule has 8 nitrogen and oxygen atoms in total. The van der Waals surface area contributed by atoms with Gasteiger partial charge in [0, 0.05) is 11.7 Å². The van der Waals surface area contributed by atoms with Crippen LogP contribution in [-0.2, 0) is 4.79 Å². The summed E-state index contributed by atoms with van der Waals surface area (Å²) in [5.74, 6) is 1.33. The zero-order valence-electron chi connectivity index (χ0n) is 17.4. The number of rotatable bonds is 5. The van der Waals surface area contributed by atoms with Crippen LogP contribution in [0.2, 0.25) is 0 Å². The minimum absolute atomic E-state index is 0.0924. The number of carbonyl (C=O) groups is 1. The third-order valence-electron chi connectivity index (χ3n) is 5.53. The van der Waals surface area contributed by atoms with Crippen molar-refractivity contribution >= 4 is 17.5 Å². The molecule has 0 saturated heterocycles. The van der Waals surface area contributed by atoms with Gasteiger partial charge in [0.2, 0.25) is 11.9 Å². The van der Waals surface area contributed by atoms with Crippen molar-refractivity contribution in [2.45, 2.75) is 25.9 Å². The lowest BCUT2D eigenvalue weighted by Crippen LogP contribution is -2.46. The van der Waals surface area contributed by atoms with Crippen LogP contribution in [0.4, 0.5) is 11.6 Å². The molecule has 0 unspecified atom stereocenters. The average molecular weight is 407 g/mol. The number of hydrogen-bond donors (Lipinski definition) is 2. The number of nitrogens with zero attached hydrogens (tertiary/aromatic N) is 3. The van der Waals surface area contributed by atoms with E-state index in [1.807, 2.05) is 56.3 Å². The van der Waals surface area contributed by atoms with Gasteiger partial charge in [-0.15, -0.1) is 0 Å². The monoisotopic (exact) mass is 407 g/mol. The molecule has 30 heavy (non-hydrogen) atoms. The Hall–Kier alpha value is -3.55. The van der Waals surface area contributed by atoms with Crippen LogP contribution >= 0.6 is 0 Å². The summed E-state index contributed by atoms with van der Waals surface area (Å²) in [5.41, 5.74) is 2.69. The van der Waals surface area contributed by atoms with Crippen molar-refractivity contribution in [3.05, 3.63) is 59.9 Å². The molecule has 0 saturated carbocycles. The Bertz CT molecular complexity index is 1060. The van der Waals surface area contributed by atoms with Gasteiger partial charge in [-0.2, -0.15) is 10.1 Å². The van der Waals surface area contributed by atoms with E-state index in [0.717, 1.165) is 16.8 Å². The molecular weight excluding hydrogens is 382 g/mol. The van der Waals surface area contributed by atoms with Gasteiger partial charge in [0.1, 0.15) is 6.33 Å². The van der Waals surface area contributed by atoms with Gasteiger partial charge in [0.05, 0.1) is 26.2 Å². The Morgan fingerprint density at radius 3 is 2.63 bits per heavy atom. The van der Waals surface area contributed by atoms with Crippen LogP contribution in [0, 0.1) is 12.8 Å². The fraction of sp³-hybridized carbons (Fsp3) is 0.318. The molecular formula is C22H25N5O3. The Morgan fingerprint density at radius 2 is 1.90 bits per heavy atom. The number of anilines is 2. The molecule has 2 aromatic carbocycles. The maximum atomic E-state index is 13.5. The Balaban J connectivity index is 1.76. The van der Waals surface area contributed by atoms with Crippen LogP contribution in [0.15, 0.2) is 48.8 Å². The van der Waals surface area contributed by atoms with Gasteiger partial charge in [0.15, 0.2) is 11.5 Å². The van der Waals surface area contributed by atoms with Crippen molar-refractivity contribution in [1.82, 2.24) is 14.8 Å². The van der Waals surface area contributed by atoms with Crippen molar-refractivity contribution in [3.63, 3.8) is 0 Å². The first-order valence-corrected chi connectivity index (χ1v) is 9.78. The van der Waals surface area contributed by atoms with E-state index in [9.17, 15) is 4.79 Å². The molecule has 1 aliphatic rings. The molecule has 0 spiro atoms. The number of benzene rings is 2. The molecule has 8 heteroatoms. The molecule has 2 N–H and O–H groups in total. The zero-order chi connectivity index (χ0) is 21.3. The van der Waals surface area contributed by atoms with E-state index in [1.165, 1.54) is 6.33 Å². The molecule has 1 aromatic heterocycles. The normalized spacial score (nSPS) is 20.1. The summed E-state index contributed by atoms with van der Waals surface area (Å²) in [7, 11) is 3.19. The molecule has 156 valence electrons. The van der Waals surface area contributed by atoms with E-state index in [-0.39, 0.29) is 18.0 Å². The molecule has 0 aliphatic carbocycles.